The Morgan fingerprint density at radius 1 is 1.30 bits per heavy atom. The Balaban J connectivity index is 2.16. The number of ketones is 1. The number of aryl methyl sites for hydroxylation is 1. The summed E-state index contributed by atoms with van der Waals surface area (Å²) in [5.41, 5.74) is 4.71. The summed E-state index contributed by atoms with van der Waals surface area (Å²) >= 11 is 1.64. The zero-order valence-corrected chi connectivity index (χ0v) is 14.3. The van der Waals surface area contributed by atoms with Gasteiger partial charge in [-0.15, -0.1) is 11.8 Å². The number of rotatable bonds is 3. The lowest BCUT2D eigenvalue weighted by atomic mass is 9.77. The van der Waals surface area contributed by atoms with Crippen molar-refractivity contribution in [3.8, 4) is 6.07 Å². The van der Waals surface area contributed by atoms with Gasteiger partial charge in [0.2, 0.25) is 0 Å². The molecule has 0 spiro atoms. The van der Waals surface area contributed by atoms with Gasteiger partial charge in [-0.2, -0.15) is 5.26 Å². The van der Waals surface area contributed by atoms with Crippen molar-refractivity contribution >= 4 is 17.5 Å². The van der Waals surface area contributed by atoms with Gasteiger partial charge in [-0.3, -0.25) is 4.79 Å². The Kier molecular flexibility index (Phi) is 4.58. The Labute approximate surface area is 141 Å². The highest BCUT2D eigenvalue weighted by atomic mass is 32.2. The fourth-order valence-electron chi connectivity index (χ4n) is 3.27. The molecule has 4 heteroatoms. The van der Waals surface area contributed by atoms with Gasteiger partial charge in [-0.05, 0) is 31.1 Å². The minimum Gasteiger partial charge on any atom is -0.352 e. The van der Waals surface area contributed by atoms with Crippen LogP contribution in [0.5, 0.6) is 0 Å². The minimum absolute atomic E-state index is 0.178. The highest BCUT2D eigenvalue weighted by Crippen LogP contribution is 2.43. The number of allylic oxidation sites excluding steroid dienone is 3. The number of dihydropyridines is 1. The Hall–Kier alpha value is -1.99. The van der Waals surface area contributed by atoms with E-state index in [0.717, 1.165) is 40.5 Å². The third-order valence-electron chi connectivity index (χ3n) is 4.36. The van der Waals surface area contributed by atoms with E-state index in [1.54, 1.807) is 11.8 Å². The van der Waals surface area contributed by atoms with Crippen molar-refractivity contribution < 1.29 is 4.79 Å². The molecule has 0 amide bonds. The normalized spacial score (nSPS) is 20.9. The van der Waals surface area contributed by atoms with Crippen LogP contribution in [-0.4, -0.2) is 11.5 Å². The fraction of sp³-hybridized carbons (Fsp3) is 0.368. The maximum atomic E-state index is 12.6. The number of nitrogens with one attached hydrogen (secondary N) is 1. The molecule has 0 fully saturated rings. The van der Waals surface area contributed by atoms with E-state index >= 15 is 0 Å². The zero-order chi connectivity index (χ0) is 16.4. The first-order valence-corrected chi connectivity index (χ1v) is 9.01. The van der Waals surface area contributed by atoms with E-state index in [1.165, 1.54) is 5.56 Å². The highest BCUT2D eigenvalue weighted by molar-refractivity contribution is 8.03. The molecule has 0 bridgehead atoms. The molecule has 0 saturated carbocycles. The van der Waals surface area contributed by atoms with Gasteiger partial charge >= 0.3 is 0 Å². The summed E-state index contributed by atoms with van der Waals surface area (Å²) in [5, 5.41) is 14.0. The van der Waals surface area contributed by atoms with Gasteiger partial charge in [0.15, 0.2) is 5.78 Å². The summed E-state index contributed by atoms with van der Waals surface area (Å²) < 4.78 is 0. The predicted octanol–water partition coefficient (Wildman–Crippen LogP) is 4.18. The van der Waals surface area contributed by atoms with Crippen molar-refractivity contribution in [2.75, 3.05) is 5.75 Å². The second kappa shape index (κ2) is 6.64. The lowest BCUT2D eigenvalue weighted by molar-refractivity contribution is -0.116. The molecule has 3 rings (SSSR count). The van der Waals surface area contributed by atoms with Crippen LogP contribution in [0, 0.1) is 18.3 Å². The molecule has 1 aromatic carbocycles. The first-order chi connectivity index (χ1) is 11.2. The van der Waals surface area contributed by atoms with Crippen LogP contribution in [0.15, 0.2) is 46.1 Å². The highest BCUT2D eigenvalue weighted by Gasteiger charge is 2.36. The molecule has 118 valence electrons. The van der Waals surface area contributed by atoms with Crippen LogP contribution in [0.2, 0.25) is 0 Å². The smallest absolute Gasteiger partial charge is 0.161 e. The van der Waals surface area contributed by atoms with Gasteiger partial charge in [-0.1, -0.05) is 36.8 Å². The van der Waals surface area contributed by atoms with Gasteiger partial charge in [0.1, 0.15) is 0 Å². The topological polar surface area (TPSA) is 52.9 Å². The number of Topliss-reactive ketones (excluding diaryl/α,β-unsaturated/α-hetero) is 1. The van der Waals surface area contributed by atoms with Crippen LogP contribution >= 0.6 is 11.8 Å². The number of nitriles is 1. The van der Waals surface area contributed by atoms with Crippen molar-refractivity contribution in [2.24, 2.45) is 0 Å². The summed E-state index contributed by atoms with van der Waals surface area (Å²) in [7, 11) is 0. The molecular formula is C19H20N2OS. The SMILES string of the molecule is CCSC1=C(C#N)C(c2ccc(C)cc2)C2=C(CCCC2=O)N1. The summed E-state index contributed by atoms with van der Waals surface area (Å²) in [6, 6.07) is 10.6. The lowest BCUT2D eigenvalue weighted by Crippen LogP contribution is -2.31. The van der Waals surface area contributed by atoms with Crippen LogP contribution in [0.25, 0.3) is 0 Å². The van der Waals surface area contributed by atoms with Crippen LogP contribution in [0.3, 0.4) is 0 Å². The lowest BCUT2D eigenvalue weighted by Gasteiger charge is -2.33. The zero-order valence-electron chi connectivity index (χ0n) is 13.5. The molecule has 1 aromatic rings. The molecule has 1 N–H and O–H groups in total. The molecule has 1 atom stereocenters. The number of nitrogens with zero attached hydrogens (tertiary/aromatic N) is 1. The quantitative estimate of drug-likeness (QED) is 0.906. The summed E-state index contributed by atoms with van der Waals surface area (Å²) in [6.45, 7) is 4.12. The predicted molar refractivity (Wildman–Crippen MR) is 93.7 cm³/mol. The standard InChI is InChI=1S/C19H20N2OS/c1-3-23-19-14(11-20)17(13-9-7-12(2)8-10-13)18-15(21-19)5-4-6-16(18)22/h7-10,17,21H,3-6H2,1-2H3. The number of hydrogen-bond donors (Lipinski definition) is 1. The molecule has 0 radical (unpaired) electrons. The molecule has 23 heavy (non-hydrogen) atoms. The summed E-state index contributed by atoms with van der Waals surface area (Å²) in [5.74, 6) is 0.848. The molecule has 1 heterocycles. The van der Waals surface area contributed by atoms with E-state index in [0.29, 0.717) is 12.0 Å². The van der Waals surface area contributed by atoms with E-state index in [1.807, 2.05) is 31.2 Å². The first-order valence-electron chi connectivity index (χ1n) is 8.02. The van der Waals surface area contributed by atoms with Crippen molar-refractivity contribution in [3.05, 3.63) is 57.3 Å². The van der Waals surface area contributed by atoms with Gasteiger partial charge in [0.25, 0.3) is 0 Å². The maximum Gasteiger partial charge on any atom is 0.161 e. The fourth-order valence-corrected chi connectivity index (χ4v) is 4.08. The number of carbonyl (C=O) groups excluding carboxylic acids is 1. The molecule has 3 nitrogen and oxygen atoms in total. The average Bonchev–Trinajstić information content (AvgIpc) is 2.55. The third kappa shape index (κ3) is 2.94. The van der Waals surface area contributed by atoms with Gasteiger partial charge < -0.3 is 5.32 Å². The first kappa shape index (κ1) is 15.9. The second-order valence-electron chi connectivity index (χ2n) is 5.93. The van der Waals surface area contributed by atoms with Gasteiger partial charge in [-0.25, -0.2) is 0 Å². The van der Waals surface area contributed by atoms with Crippen molar-refractivity contribution in [2.45, 2.75) is 39.0 Å². The number of benzene rings is 1. The van der Waals surface area contributed by atoms with Crippen molar-refractivity contribution in [1.29, 1.82) is 5.26 Å². The van der Waals surface area contributed by atoms with E-state index in [-0.39, 0.29) is 11.7 Å². The Morgan fingerprint density at radius 3 is 2.70 bits per heavy atom. The van der Waals surface area contributed by atoms with Crippen LogP contribution < -0.4 is 5.32 Å². The molecule has 1 aliphatic carbocycles. The van der Waals surface area contributed by atoms with E-state index < -0.39 is 0 Å². The van der Waals surface area contributed by atoms with E-state index in [9.17, 15) is 10.1 Å². The summed E-state index contributed by atoms with van der Waals surface area (Å²) in [6.07, 6.45) is 2.35. The van der Waals surface area contributed by atoms with Crippen molar-refractivity contribution in [1.82, 2.24) is 5.32 Å². The third-order valence-corrected chi connectivity index (χ3v) is 5.26. The molecular weight excluding hydrogens is 304 g/mol. The molecule has 0 saturated heterocycles. The van der Waals surface area contributed by atoms with E-state index in [2.05, 4.69) is 18.3 Å². The van der Waals surface area contributed by atoms with Gasteiger partial charge in [0, 0.05) is 17.7 Å². The van der Waals surface area contributed by atoms with Crippen LogP contribution in [-0.2, 0) is 4.79 Å². The molecule has 0 aromatic heterocycles. The number of thioether (sulfide) groups is 1. The number of carbonyl (C=O) groups is 1. The minimum atomic E-state index is -0.223. The number of hydrogen-bond acceptors (Lipinski definition) is 4. The monoisotopic (exact) mass is 324 g/mol. The van der Waals surface area contributed by atoms with Crippen molar-refractivity contribution in [3.63, 3.8) is 0 Å². The van der Waals surface area contributed by atoms with Crippen LogP contribution in [0.4, 0.5) is 0 Å². The average molecular weight is 324 g/mol. The van der Waals surface area contributed by atoms with E-state index in [4.69, 9.17) is 0 Å². The Morgan fingerprint density at radius 2 is 2.04 bits per heavy atom. The van der Waals surface area contributed by atoms with Crippen LogP contribution in [0.1, 0.15) is 43.2 Å². The second-order valence-corrected chi connectivity index (χ2v) is 7.20. The molecule has 2 aliphatic rings. The summed E-state index contributed by atoms with van der Waals surface area (Å²) in [4.78, 5) is 12.6. The maximum absolute atomic E-state index is 12.6. The Bertz CT molecular complexity index is 738. The molecule has 1 unspecified atom stereocenters. The molecule has 1 aliphatic heterocycles. The van der Waals surface area contributed by atoms with Gasteiger partial charge in [0.05, 0.1) is 22.6 Å². The largest absolute Gasteiger partial charge is 0.352 e.